The lowest BCUT2D eigenvalue weighted by Crippen LogP contribution is -2.31. The number of nitrogens with one attached hydrogen (secondary N) is 1. The first-order valence-corrected chi connectivity index (χ1v) is 7.62. The van der Waals surface area contributed by atoms with Crippen LogP contribution in [0.1, 0.15) is 24.8 Å². The number of hydrogen-bond acceptors (Lipinski definition) is 2. The van der Waals surface area contributed by atoms with E-state index in [1.807, 2.05) is 0 Å². The van der Waals surface area contributed by atoms with Crippen LogP contribution in [0.3, 0.4) is 0 Å². The van der Waals surface area contributed by atoms with Gasteiger partial charge in [-0.2, -0.15) is 0 Å². The maximum Gasteiger partial charge on any atom is 0.0590 e. The summed E-state index contributed by atoms with van der Waals surface area (Å²) in [5.74, 6) is 0. The summed E-state index contributed by atoms with van der Waals surface area (Å²) in [6, 6.07) is 15.7. The zero-order chi connectivity index (χ0) is 13.8. The second kappa shape index (κ2) is 6.38. The summed E-state index contributed by atoms with van der Waals surface area (Å²) < 4.78 is 5.77. The molecule has 2 aromatic carbocycles. The van der Waals surface area contributed by atoms with Crippen molar-refractivity contribution in [1.82, 2.24) is 5.32 Å². The molecular formula is C18H23NO. The van der Waals surface area contributed by atoms with Gasteiger partial charge in [-0.05, 0) is 49.1 Å². The van der Waals surface area contributed by atoms with Crippen molar-refractivity contribution >= 4 is 10.8 Å². The molecule has 1 fully saturated rings. The van der Waals surface area contributed by atoms with E-state index in [0.717, 1.165) is 19.4 Å². The highest BCUT2D eigenvalue weighted by Crippen LogP contribution is 2.23. The van der Waals surface area contributed by atoms with E-state index >= 15 is 0 Å². The smallest absolute Gasteiger partial charge is 0.0590 e. The first-order valence-electron chi connectivity index (χ1n) is 7.62. The lowest BCUT2D eigenvalue weighted by molar-refractivity contribution is 0.0954. The third kappa shape index (κ3) is 3.02. The largest absolute Gasteiger partial charge is 0.378 e. The van der Waals surface area contributed by atoms with E-state index in [-0.39, 0.29) is 0 Å². The van der Waals surface area contributed by atoms with Crippen molar-refractivity contribution in [2.75, 3.05) is 13.7 Å². The molecule has 1 aliphatic rings. The molecule has 2 unspecified atom stereocenters. The van der Waals surface area contributed by atoms with Crippen LogP contribution in [0.2, 0.25) is 0 Å². The Balaban J connectivity index is 1.76. The van der Waals surface area contributed by atoms with Crippen LogP contribution in [-0.4, -0.2) is 25.8 Å². The normalized spacial score (nSPS) is 20.4. The van der Waals surface area contributed by atoms with Crippen molar-refractivity contribution in [1.29, 1.82) is 0 Å². The molecule has 1 saturated heterocycles. The van der Waals surface area contributed by atoms with Crippen LogP contribution in [0.15, 0.2) is 42.5 Å². The maximum absolute atomic E-state index is 5.77. The molecule has 0 aromatic heterocycles. The molecule has 3 rings (SSSR count). The van der Waals surface area contributed by atoms with Gasteiger partial charge in [0.15, 0.2) is 0 Å². The zero-order valence-electron chi connectivity index (χ0n) is 12.1. The average molecular weight is 269 g/mol. The minimum Gasteiger partial charge on any atom is -0.378 e. The highest BCUT2D eigenvalue weighted by molar-refractivity contribution is 5.85. The Bertz CT molecular complexity index is 555. The van der Waals surface area contributed by atoms with Crippen molar-refractivity contribution < 1.29 is 4.74 Å². The van der Waals surface area contributed by atoms with Gasteiger partial charge in [-0.15, -0.1) is 0 Å². The standard InChI is InChI=1S/C18H23NO/c1-19-16(13-17-9-5-11-20-17)12-15-8-4-7-14-6-2-3-10-18(14)15/h2-4,6-8,10,16-17,19H,5,9,11-13H2,1H3. The average Bonchev–Trinajstić information content (AvgIpc) is 3.00. The second-order valence-corrected chi connectivity index (χ2v) is 5.70. The van der Waals surface area contributed by atoms with Crippen molar-refractivity contribution in [2.45, 2.75) is 37.8 Å². The molecule has 20 heavy (non-hydrogen) atoms. The molecule has 2 aromatic rings. The molecule has 106 valence electrons. The van der Waals surface area contributed by atoms with Crippen LogP contribution in [0, 0.1) is 0 Å². The van der Waals surface area contributed by atoms with Gasteiger partial charge < -0.3 is 10.1 Å². The summed E-state index contributed by atoms with van der Waals surface area (Å²) in [7, 11) is 2.06. The number of likely N-dealkylation sites (N-methyl/N-ethyl adjacent to an activating group) is 1. The summed E-state index contributed by atoms with van der Waals surface area (Å²) in [6.07, 6.45) is 5.06. The second-order valence-electron chi connectivity index (χ2n) is 5.70. The van der Waals surface area contributed by atoms with Crippen LogP contribution in [0.4, 0.5) is 0 Å². The Labute approximate surface area is 121 Å². The Morgan fingerprint density at radius 2 is 2.05 bits per heavy atom. The van der Waals surface area contributed by atoms with Crippen molar-refractivity contribution in [3.63, 3.8) is 0 Å². The third-order valence-electron chi connectivity index (χ3n) is 4.33. The Hall–Kier alpha value is -1.38. The molecule has 0 saturated carbocycles. The van der Waals surface area contributed by atoms with Crippen LogP contribution in [0.25, 0.3) is 10.8 Å². The van der Waals surface area contributed by atoms with Gasteiger partial charge in [0.2, 0.25) is 0 Å². The molecule has 1 heterocycles. The van der Waals surface area contributed by atoms with E-state index in [0.29, 0.717) is 12.1 Å². The summed E-state index contributed by atoms with van der Waals surface area (Å²) >= 11 is 0. The first-order chi connectivity index (χ1) is 9.86. The van der Waals surface area contributed by atoms with Gasteiger partial charge in [0, 0.05) is 12.6 Å². The molecule has 2 atom stereocenters. The number of benzene rings is 2. The van der Waals surface area contributed by atoms with Crippen LogP contribution in [0.5, 0.6) is 0 Å². The highest BCUT2D eigenvalue weighted by Gasteiger charge is 2.20. The number of ether oxygens (including phenoxy) is 1. The molecule has 0 aliphatic carbocycles. The lowest BCUT2D eigenvalue weighted by atomic mass is 9.95. The molecule has 0 bridgehead atoms. The third-order valence-corrected chi connectivity index (χ3v) is 4.33. The van der Waals surface area contributed by atoms with Crippen LogP contribution < -0.4 is 5.32 Å². The minimum atomic E-state index is 0.447. The van der Waals surface area contributed by atoms with Gasteiger partial charge in [0.1, 0.15) is 0 Å². The predicted octanol–water partition coefficient (Wildman–Crippen LogP) is 3.54. The van der Waals surface area contributed by atoms with Gasteiger partial charge in [0.25, 0.3) is 0 Å². The molecule has 1 N–H and O–H groups in total. The van der Waals surface area contributed by atoms with Crippen molar-refractivity contribution in [3.8, 4) is 0 Å². The predicted molar refractivity (Wildman–Crippen MR) is 84.1 cm³/mol. The quantitative estimate of drug-likeness (QED) is 0.896. The fourth-order valence-electron chi connectivity index (χ4n) is 3.19. The Morgan fingerprint density at radius 3 is 2.85 bits per heavy atom. The van der Waals surface area contributed by atoms with Gasteiger partial charge in [-0.1, -0.05) is 42.5 Å². The van der Waals surface area contributed by atoms with Gasteiger partial charge in [-0.25, -0.2) is 0 Å². The van der Waals surface area contributed by atoms with E-state index in [9.17, 15) is 0 Å². The zero-order valence-corrected chi connectivity index (χ0v) is 12.1. The first kappa shape index (κ1) is 13.6. The molecule has 2 nitrogen and oxygen atoms in total. The number of fused-ring (bicyclic) bond motifs is 1. The van der Waals surface area contributed by atoms with E-state index in [4.69, 9.17) is 4.74 Å². The molecule has 1 aliphatic heterocycles. The summed E-state index contributed by atoms with van der Waals surface area (Å²) in [6.45, 7) is 0.940. The summed E-state index contributed by atoms with van der Waals surface area (Å²) in [5, 5.41) is 6.17. The van der Waals surface area contributed by atoms with E-state index in [1.165, 1.54) is 29.2 Å². The molecule has 0 spiro atoms. The minimum absolute atomic E-state index is 0.447. The van der Waals surface area contributed by atoms with Crippen LogP contribution >= 0.6 is 0 Å². The van der Waals surface area contributed by atoms with E-state index in [1.54, 1.807) is 0 Å². The molecule has 0 amide bonds. The fraction of sp³-hybridized carbons (Fsp3) is 0.444. The maximum atomic E-state index is 5.77. The monoisotopic (exact) mass is 269 g/mol. The Kier molecular flexibility index (Phi) is 4.34. The van der Waals surface area contributed by atoms with Gasteiger partial charge in [0.05, 0.1) is 6.10 Å². The summed E-state index contributed by atoms with van der Waals surface area (Å²) in [4.78, 5) is 0. The van der Waals surface area contributed by atoms with Crippen LogP contribution in [-0.2, 0) is 11.2 Å². The SMILES string of the molecule is CNC(Cc1cccc2ccccc12)CC1CCCO1. The number of hydrogen-bond donors (Lipinski definition) is 1. The molecule has 2 heteroatoms. The topological polar surface area (TPSA) is 21.3 Å². The number of rotatable bonds is 5. The van der Waals surface area contributed by atoms with Gasteiger partial charge >= 0.3 is 0 Å². The van der Waals surface area contributed by atoms with E-state index in [2.05, 4.69) is 54.8 Å². The Morgan fingerprint density at radius 1 is 1.20 bits per heavy atom. The lowest BCUT2D eigenvalue weighted by Gasteiger charge is -2.20. The highest BCUT2D eigenvalue weighted by atomic mass is 16.5. The molecule has 0 radical (unpaired) electrons. The van der Waals surface area contributed by atoms with Crippen molar-refractivity contribution in [3.05, 3.63) is 48.0 Å². The van der Waals surface area contributed by atoms with Gasteiger partial charge in [-0.3, -0.25) is 0 Å². The van der Waals surface area contributed by atoms with Crippen molar-refractivity contribution in [2.24, 2.45) is 0 Å². The summed E-state index contributed by atoms with van der Waals surface area (Å²) in [5.41, 5.74) is 1.43. The fourth-order valence-corrected chi connectivity index (χ4v) is 3.19. The molecular weight excluding hydrogens is 246 g/mol. The van der Waals surface area contributed by atoms with E-state index < -0.39 is 0 Å².